The summed E-state index contributed by atoms with van der Waals surface area (Å²) in [4.78, 5) is 15.2. The van der Waals surface area contributed by atoms with E-state index in [2.05, 4.69) is 24.4 Å². The fourth-order valence-electron chi connectivity index (χ4n) is 2.67. The number of nitrogens with one attached hydrogen (secondary N) is 1. The van der Waals surface area contributed by atoms with Crippen molar-refractivity contribution in [1.82, 2.24) is 5.32 Å². The molecule has 112 valence electrons. The molecule has 2 aliphatic heterocycles. The molecule has 4 nitrogen and oxygen atoms in total. The zero-order valence-corrected chi connectivity index (χ0v) is 15.8. The molecule has 0 bridgehead atoms. The van der Waals surface area contributed by atoms with E-state index in [1.807, 2.05) is 24.8 Å². The first-order valence-corrected chi connectivity index (χ1v) is 9.39. The van der Waals surface area contributed by atoms with Gasteiger partial charge in [-0.1, -0.05) is 0 Å². The van der Waals surface area contributed by atoms with Crippen LogP contribution in [-0.2, 0) is 30.5 Å². The minimum absolute atomic E-state index is 0.0756. The molecule has 2 aliphatic rings. The van der Waals surface area contributed by atoms with Crippen LogP contribution in [0.2, 0.25) is 0 Å². The second-order valence-corrected chi connectivity index (χ2v) is 9.16. The number of anilines is 1. The van der Waals surface area contributed by atoms with Crippen molar-refractivity contribution in [2.45, 2.75) is 36.5 Å². The van der Waals surface area contributed by atoms with Gasteiger partial charge in [-0.15, -0.1) is 0 Å². The zero-order chi connectivity index (χ0) is 15.0. The molecule has 0 saturated carbocycles. The fraction of sp³-hybridized carbons (Fsp3) is 0.467. The second kappa shape index (κ2) is 6.23. The average molecular weight is 474 g/mol. The number of amides is 1. The Balaban J connectivity index is 1.71. The van der Waals surface area contributed by atoms with Gasteiger partial charge >= 0.3 is 140 Å². The van der Waals surface area contributed by atoms with Gasteiger partial charge in [-0.25, -0.2) is 0 Å². The molecule has 0 aromatic heterocycles. The summed E-state index contributed by atoms with van der Waals surface area (Å²) < 4.78 is 6.65. The van der Waals surface area contributed by atoms with Gasteiger partial charge in [0.25, 0.3) is 0 Å². The summed E-state index contributed by atoms with van der Waals surface area (Å²) in [5.41, 5.74) is 2.31. The maximum atomic E-state index is 12.1. The van der Waals surface area contributed by atoms with Crippen molar-refractivity contribution < 1.29 is 28.9 Å². The van der Waals surface area contributed by atoms with E-state index in [1.54, 1.807) is 4.90 Å². The van der Waals surface area contributed by atoms with E-state index in [0.29, 0.717) is 18.3 Å². The Morgan fingerprint density at radius 2 is 2.38 bits per heavy atom. The fourth-order valence-corrected chi connectivity index (χ4v) is 4.11. The van der Waals surface area contributed by atoms with Gasteiger partial charge in [0.1, 0.15) is 0 Å². The van der Waals surface area contributed by atoms with Gasteiger partial charge in [-0.05, 0) is 0 Å². The molecular weight excluding hydrogens is 456 g/mol. The monoisotopic (exact) mass is 474 g/mol. The predicted octanol–water partition coefficient (Wildman–Crippen LogP) is 2.33. The number of cyclic esters (lactones) is 1. The number of ether oxygens (including phenoxy) is 1. The second-order valence-electron chi connectivity index (χ2n) is 5.48. The number of carbonyl (C=O) groups excluding carboxylic acids is 1. The van der Waals surface area contributed by atoms with Crippen LogP contribution in [0.3, 0.4) is 0 Å². The van der Waals surface area contributed by atoms with Crippen molar-refractivity contribution in [3.8, 4) is 0 Å². The molecule has 1 amide bonds. The van der Waals surface area contributed by atoms with Gasteiger partial charge in [0.05, 0.1) is 0 Å². The summed E-state index contributed by atoms with van der Waals surface area (Å²) in [5, 5.41) is 3.90. The molecule has 1 aromatic rings. The quantitative estimate of drug-likeness (QED) is 0.728. The molecule has 1 saturated heterocycles. The zero-order valence-electron chi connectivity index (χ0n) is 12.1. The Bertz CT molecular complexity index is 593. The van der Waals surface area contributed by atoms with Gasteiger partial charge in [0, 0.05) is 0 Å². The molecular formula is C15H18N2O2SW. The van der Waals surface area contributed by atoms with Gasteiger partial charge in [0.2, 0.25) is 0 Å². The van der Waals surface area contributed by atoms with Gasteiger partial charge in [0.15, 0.2) is 0 Å². The number of fused-ring (bicyclic) bond motifs is 1. The van der Waals surface area contributed by atoms with Crippen LogP contribution < -0.4 is 10.2 Å². The molecule has 2 atom stereocenters. The van der Waals surface area contributed by atoms with Gasteiger partial charge in [-0.3, -0.25) is 0 Å². The number of hydrogen-bond acceptors (Lipinski definition) is 4. The van der Waals surface area contributed by atoms with E-state index in [4.69, 9.17) is 4.74 Å². The number of nitrogens with zero attached hydrogens (tertiary/aromatic N) is 1. The van der Waals surface area contributed by atoms with Crippen molar-refractivity contribution >= 4 is 27.6 Å². The summed E-state index contributed by atoms with van der Waals surface area (Å²) in [6.07, 6.45) is 0.768. The molecule has 1 N–H and O–H groups in total. The summed E-state index contributed by atoms with van der Waals surface area (Å²) in [5.74, 6) is 0. The van der Waals surface area contributed by atoms with Crippen molar-refractivity contribution in [2.75, 3.05) is 18.0 Å². The van der Waals surface area contributed by atoms with Crippen molar-refractivity contribution in [2.24, 2.45) is 0 Å². The SMILES string of the molecule is C[C](=[W])NCC1CN(c2ccc3c(c2)CC(C)S3)C(=O)O1. The van der Waals surface area contributed by atoms with E-state index < -0.39 is 0 Å². The first kappa shape index (κ1) is 15.3. The molecule has 3 rings (SSSR count). The third-order valence-corrected chi connectivity index (χ3v) is 5.38. The first-order chi connectivity index (χ1) is 10.0. The Kier molecular flexibility index (Phi) is 4.53. The van der Waals surface area contributed by atoms with Crippen molar-refractivity contribution in [1.29, 1.82) is 0 Å². The number of hydrogen-bond donors (Lipinski definition) is 1. The van der Waals surface area contributed by atoms with Gasteiger partial charge < -0.3 is 0 Å². The summed E-state index contributed by atoms with van der Waals surface area (Å²) in [6, 6.07) is 6.30. The minimum atomic E-state index is -0.235. The van der Waals surface area contributed by atoms with Crippen LogP contribution in [0.25, 0.3) is 0 Å². The molecule has 2 unspecified atom stereocenters. The van der Waals surface area contributed by atoms with E-state index in [9.17, 15) is 4.79 Å². The summed E-state index contributed by atoms with van der Waals surface area (Å²) >= 11 is 3.32. The van der Waals surface area contributed by atoms with Crippen LogP contribution in [0.5, 0.6) is 0 Å². The molecule has 1 fully saturated rings. The first-order valence-electron chi connectivity index (χ1n) is 7.05. The van der Waals surface area contributed by atoms with Crippen molar-refractivity contribution in [3.05, 3.63) is 23.8 Å². The molecule has 0 aliphatic carbocycles. The third kappa shape index (κ3) is 3.41. The van der Waals surface area contributed by atoms with Gasteiger partial charge in [-0.2, -0.15) is 0 Å². The Hall–Kier alpha value is -0.642. The third-order valence-electron chi connectivity index (χ3n) is 3.64. The van der Waals surface area contributed by atoms with Crippen LogP contribution in [0.4, 0.5) is 10.5 Å². The molecule has 1 aromatic carbocycles. The van der Waals surface area contributed by atoms with E-state index in [0.717, 1.165) is 12.1 Å². The molecule has 2 heterocycles. The predicted molar refractivity (Wildman–Crippen MR) is 81.8 cm³/mol. The Labute approximate surface area is 140 Å². The molecule has 0 spiro atoms. The van der Waals surface area contributed by atoms with Crippen LogP contribution in [-0.4, -0.2) is 34.6 Å². The molecule has 0 radical (unpaired) electrons. The standard InChI is InChI=1S/C15H18N2O2S.W/c1-3-16-8-13-9-17(15(18)19-13)12-4-5-14-11(7-12)6-10(2)20-14;/h4-5,7,10,13,16H,6,8-9H2,1-2H3;. The number of rotatable bonds is 4. The summed E-state index contributed by atoms with van der Waals surface area (Å²) in [6.45, 7) is 5.59. The van der Waals surface area contributed by atoms with Crippen LogP contribution in [0.1, 0.15) is 19.4 Å². The Morgan fingerprint density at radius 1 is 1.57 bits per heavy atom. The van der Waals surface area contributed by atoms with Crippen molar-refractivity contribution in [3.63, 3.8) is 0 Å². The summed E-state index contributed by atoms with van der Waals surface area (Å²) in [7, 11) is 0. The Morgan fingerprint density at radius 3 is 3.14 bits per heavy atom. The van der Waals surface area contributed by atoms with E-state index in [-0.39, 0.29) is 12.2 Å². The molecule has 21 heavy (non-hydrogen) atoms. The van der Waals surface area contributed by atoms with E-state index in [1.165, 1.54) is 33.8 Å². The number of benzene rings is 1. The van der Waals surface area contributed by atoms with E-state index >= 15 is 0 Å². The normalized spacial score (nSPS) is 24.1. The van der Waals surface area contributed by atoms with Crippen LogP contribution in [0, 0.1) is 0 Å². The van der Waals surface area contributed by atoms with Crippen LogP contribution >= 0.6 is 11.8 Å². The maximum absolute atomic E-state index is 12.1. The number of carbonyl (C=O) groups is 1. The average Bonchev–Trinajstić information content (AvgIpc) is 2.97. The number of thioether (sulfide) groups is 1. The topological polar surface area (TPSA) is 41.6 Å². The van der Waals surface area contributed by atoms with Crippen LogP contribution in [0.15, 0.2) is 23.1 Å². The molecule has 6 heteroatoms.